The molecule has 0 aliphatic carbocycles. The van der Waals surface area contributed by atoms with Gasteiger partial charge in [0.1, 0.15) is 0 Å². The van der Waals surface area contributed by atoms with Crippen LogP contribution in [-0.4, -0.2) is 40.4 Å². The summed E-state index contributed by atoms with van der Waals surface area (Å²) in [5.41, 5.74) is 1.83. The maximum atomic E-state index is 11.8. The Morgan fingerprint density at radius 3 is 2.22 bits per heavy atom. The summed E-state index contributed by atoms with van der Waals surface area (Å²) in [5.74, 6) is -1.81. The Morgan fingerprint density at radius 2 is 1.65 bits per heavy atom. The Kier molecular flexibility index (Phi) is 7.61. The molecule has 0 radical (unpaired) electrons. The predicted molar refractivity (Wildman–Crippen MR) is 91.5 cm³/mol. The minimum Gasteiger partial charge on any atom is -0.481 e. The molecule has 1 aromatic carbocycles. The Balaban J connectivity index is 2.27. The van der Waals surface area contributed by atoms with Gasteiger partial charge in [0.2, 0.25) is 11.8 Å². The molecule has 0 spiro atoms. The zero-order valence-electron chi connectivity index (χ0n) is 13.5. The molecule has 23 heavy (non-hydrogen) atoms. The first-order chi connectivity index (χ1) is 10.8. The summed E-state index contributed by atoms with van der Waals surface area (Å²) in [7, 11) is 0. The van der Waals surface area contributed by atoms with Crippen molar-refractivity contribution in [1.29, 1.82) is 0 Å². The molecule has 126 valence electrons. The molecule has 1 aromatic rings. The van der Waals surface area contributed by atoms with Crippen molar-refractivity contribution in [2.75, 3.05) is 16.8 Å². The molecule has 2 amide bonds. The molecular formula is C16H22N2O4S. The highest BCUT2D eigenvalue weighted by atomic mass is 32.2. The standard InChI is InChI=1S/C16H22N2O4S/c1-10-4-6-13(7-5-10)18-15(20)9-23-8-14(19)17-12(3)11(2)16(21)22/h4-7,11-12H,8-9H2,1-3H3,(H,17,19)(H,18,20)(H,21,22). The predicted octanol–water partition coefficient (Wildman–Crippen LogP) is 1.89. The molecule has 1 rings (SSSR count). The average molecular weight is 338 g/mol. The Labute approximate surface area is 140 Å². The molecule has 0 saturated heterocycles. The summed E-state index contributed by atoms with van der Waals surface area (Å²) < 4.78 is 0. The molecule has 7 heteroatoms. The fourth-order valence-electron chi connectivity index (χ4n) is 1.70. The van der Waals surface area contributed by atoms with Gasteiger partial charge in [-0.15, -0.1) is 11.8 Å². The molecule has 0 fully saturated rings. The van der Waals surface area contributed by atoms with Gasteiger partial charge in [0.25, 0.3) is 0 Å². The molecule has 6 nitrogen and oxygen atoms in total. The number of rotatable bonds is 8. The van der Waals surface area contributed by atoms with Gasteiger partial charge >= 0.3 is 5.97 Å². The van der Waals surface area contributed by atoms with Crippen LogP contribution >= 0.6 is 11.8 Å². The monoisotopic (exact) mass is 338 g/mol. The van der Waals surface area contributed by atoms with Gasteiger partial charge in [-0.1, -0.05) is 17.7 Å². The molecule has 0 aliphatic rings. The van der Waals surface area contributed by atoms with E-state index in [9.17, 15) is 14.4 Å². The van der Waals surface area contributed by atoms with Crippen molar-refractivity contribution in [3.63, 3.8) is 0 Å². The lowest BCUT2D eigenvalue weighted by Gasteiger charge is -2.17. The lowest BCUT2D eigenvalue weighted by Crippen LogP contribution is -2.41. The van der Waals surface area contributed by atoms with E-state index in [4.69, 9.17) is 5.11 Å². The molecule has 0 heterocycles. The van der Waals surface area contributed by atoms with Crippen LogP contribution in [-0.2, 0) is 14.4 Å². The summed E-state index contributed by atoms with van der Waals surface area (Å²) >= 11 is 1.18. The molecule has 0 aromatic heterocycles. The number of carbonyl (C=O) groups excluding carboxylic acids is 2. The Bertz CT molecular complexity index is 560. The smallest absolute Gasteiger partial charge is 0.308 e. The molecule has 2 unspecified atom stereocenters. The summed E-state index contributed by atoms with van der Waals surface area (Å²) in [5, 5.41) is 14.2. The topological polar surface area (TPSA) is 95.5 Å². The van der Waals surface area contributed by atoms with Gasteiger partial charge in [0.05, 0.1) is 17.4 Å². The van der Waals surface area contributed by atoms with Crippen LogP contribution in [0.1, 0.15) is 19.4 Å². The van der Waals surface area contributed by atoms with E-state index < -0.39 is 17.9 Å². The zero-order chi connectivity index (χ0) is 17.4. The normalized spacial score (nSPS) is 13.0. The van der Waals surface area contributed by atoms with Crippen molar-refractivity contribution in [2.45, 2.75) is 26.8 Å². The molecule has 0 aliphatic heterocycles. The SMILES string of the molecule is Cc1ccc(NC(=O)CSCC(=O)NC(C)C(C)C(=O)O)cc1. The number of hydrogen-bond acceptors (Lipinski definition) is 4. The second-order valence-electron chi connectivity index (χ2n) is 5.39. The number of hydrogen-bond donors (Lipinski definition) is 3. The van der Waals surface area contributed by atoms with Crippen LogP contribution in [0.15, 0.2) is 24.3 Å². The summed E-state index contributed by atoms with van der Waals surface area (Å²) in [6.07, 6.45) is 0. The lowest BCUT2D eigenvalue weighted by atomic mass is 10.0. The second-order valence-corrected chi connectivity index (χ2v) is 6.38. The van der Waals surface area contributed by atoms with Crippen LogP contribution < -0.4 is 10.6 Å². The first kappa shape index (κ1) is 19.0. The number of carboxylic acid groups (broad SMARTS) is 1. The first-order valence-corrected chi connectivity index (χ1v) is 8.41. The molecule has 0 bridgehead atoms. The summed E-state index contributed by atoms with van der Waals surface area (Å²) in [6, 6.07) is 6.99. The van der Waals surface area contributed by atoms with Gasteiger partial charge in [0, 0.05) is 11.7 Å². The van der Waals surface area contributed by atoms with Crippen LogP contribution in [0.25, 0.3) is 0 Å². The van der Waals surface area contributed by atoms with E-state index in [0.29, 0.717) is 0 Å². The minimum absolute atomic E-state index is 0.109. The summed E-state index contributed by atoms with van der Waals surface area (Å²) in [4.78, 5) is 34.3. The molecule has 2 atom stereocenters. The van der Waals surface area contributed by atoms with Crippen molar-refractivity contribution >= 4 is 35.2 Å². The minimum atomic E-state index is -0.956. The van der Waals surface area contributed by atoms with E-state index in [0.717, 1.165) is 11.3 Å². The van der Waals surface area contributed by atoms with Gasteiger partial charge in [0.15, 0.2) is 0 Å². The van der Waals surface area contributed by atoms with E-state index in [-0.39, 0.29) is 23.3 Å². The number of aliphatic carboxylic acids is 1. The fourth-order valence-corrected chi connectivity index (χ4v) is 2.33. The number of carboxylic acids is 1. The molecular weight excluding hydrogens is 316 g/mol. The third kappa shape index (κ3) is 7.19. The van der Waals surface area contributed by atoms with Crippen molar-refractivity contribution in [1.82, 2.24) is 5.32 Å². The maximum Gasteiger partial charge on any atom is 0.308 e. The largest absolute Gasteiger partial charge is 0.481 e. The highest BCUT2D eigenvalue weighted by Gasteiger charge is 2.20. The van der Waals surface area contributed by atoms with Crippen molar-refractivity contribution in [2.24, 2.45) is 5.92 Å². The number of carbonyl (C=O) groups is 3. The number of amides is 2. The maximum absolute atomic E-state index is 11.8. The quantitative estimate of drug-likeness (QED) is 0.673. The second kappa shape index (κ2) is 9.19. The highest BCUT2D eigenvalue weighted by Crippen LogP contribution is 2.10. The number of nitrogens with one attached hydrogen (secondary N) is 2. The third-order valence-corrected chi connectivity index (χ3v) is 4.26. The van der Waals surface area contributed by atoms with Gasteiger partial charge in [-0.25, -0.2) is 0 Å². The average Bonchev–Trinajstić information content (AvgIpc) is 2.48. The van der Waals surface area contributed by atoms with E-state index in [2.05, 4.69) is 10.6 Å². The Hall–Kier alpha value is -2.02. The lowest BCUT2D eigenvalue weighted by molar-refractivity contribution is -0.142. The van der Waals surface area contributed by atoms with Crippen molar-refractivity contribution < 1.29 is 19.5 Å². The molecule has 3 N–H and O–H groups in total. The fraction of sp³-hybridized carbons (Fsp3) is 0.438. The van der Waals surface area contributed by atoms with Crippen molar-refractivity contribution in [3.05, 3.63) is 29.8 Å². The van der Waals surface area contributed by atoms with Gasteiger partial charge in [-0.2, -0.15) is 0 Å². The van der Waals surface area contributed by atoms with E-state index in [1.807, 2.05) is 31.2 Å². The Morgan fingerprint density at radius 1 is 1.09 bits per heavy atom. The van der Waals surface area contributed by atoms with Crippen LogP contribution in [0.3, 0.4) is 0 Å². The number of benzene rings is 1. The number of anilines is 1. The van der Waals surface area contributed by atoms with Crippen LogP contribution in [0.4, 0.5) is 5.69 Å². The zero-order valence-corrected chi connectivity index (χ0v) is 14.3. The van der Waals surface area contributed by atoms with Gasteiger partial charge in [-0.05, 0) is 32.9 Å². The number of thioether (sulfide) groups is 1. The first-order valence-electron chi connectivity index (χ1n) is 7.26. The third-order valence-electron chi connectivity index (χ3n) is 3.33. The van der Waals surface area contributed by atoms with Gasteiger partial charge in [-0.3, -0.25) is 14.4 Å². The van der Waals surface area contributed by atoms with Crippen LogP contribution in [0, 0.1) is 12.8 Å². The van der Waals surface area contributed by atoms with Crippen LogP contribution in [0.5, 0.6) is 0 Å². The van der Waals surface area contributed by atoms with E-state index in [1.165, 1.54) is 18.7 Å². The van der Waals surface area contributed by atoms with E-state index >= 15 is 0 Å². The molecule has 0 saturated carbocycles. The summed E-state index contributed by atoms with van der Waals surface area (Å²) in [6.45, 7) is 5.15. The van der Waals surface area contributed by atoms with Gasteiger partial charge < -0.3 is 15.7 Å². The number of aryl methyl sites for hydroxylation is 1. The highest BCUT2D eigenvalue weighted by molar-refractivity contribution is 8.00. The van der Waals surface area contributed by atoms with Crippen LogP contribution in [0.2, 0.25) is 0 Å². The van der Waals surface area contributed by atoms with Crippen molar-refractivity contribution in [3.8, 4) is 0 Å². The van der Waals surface area contributed by atoms with E-state index in [1.54, 1.807) is 6.92 Å².